The highest BCUT2D eigenvalue weighted by Crippen LogP contribution is 2.31. The number of esters is 1. The largest absolute Gasteiger partial charge is 0.426 e. The van der Waals surface area contributed by atoms with Crippen molar-refractivity contribution in [2.75, 3.05) is 11.5 Å². The van der Waals surface area contributed by atoms with Crippen molar-refractivity contribution in [2.45, 2.75) is 58.3 Å². The van der Waals surface area contributed by atoms with Crippen molar-refractivity contribution in [1.29, 1.82) is 0 Å². The van der Waals surface area contributed by atoms with Crippen LogP contribution in [0, 0.1) is 0 Å². The average Bonchev–Trinajstić information content (AvgIpc) is 2.43. The van der Waals surface area contributed by atoms with Crippen molar-refractivity contribution in [1.82, 2.24) is 0 Å². The lowest BCUT2D eigenvalue weighted by molar-refractivity contribution is -0.134. The third-order valence-electron chi connectivity index (χ3n) is 3.32. The number of anilines is 2. The number of hydrogen-bond acceptors (Lipinski definition) is 4. The second-order valence-corrected chi connectivity index (χ2v) is 5.64. The van der Waals surface area contributed by atoms with Crippen molar-refractivity contribution >= 4 is 28.9 Å². The number of ether oxygens (including phenoxy) is 1. The molecule has 0 saturated carbocycles. The molecule has 0 aromatic heterocycles. The summed E-state index contributed by atoms with van der Waals surface area (Å²) in [5.41, 5.74) is 12.0. The maximum atomic E-state index is 11.7. The van der Waals surface area contributed by atoms with Gasteiger partial charge in [0.2, 0.25) is 0 Å². The van der Waals surface area contributed by atoms with Crippen LogP contribution in [-0.2, 0) is 4.79 Å². The summed E-state index contributed by atoms with van der Waals surface area (Å²) < 4.78 is 5.22. The Kier molecular flexibility index (Phi) is 7.98. The number of nitrogens with two attached hydrogens (primary N) is 2. The zero-order chi connectivity index (χ0) is 15.7. The molecule has 0 aliphatic heterocycles. The van der Waals surface area contributed by atoms with Gasteiger partial charge < -0.3 is 16.2 Å². The summed E-state index contributed by atoms with van der Waals surface area (Å²) in [5.74, 6) is 0.0898. The predicted octanol–water partition coefficient (Wildman–Crippen LogP) is 4.55. The van der Waals surface area contributed by atoms with E-state index < -0.39 is 0 Å². The van der Waals surface area contributed by atoms with E-state index in [2.05, 4.69) is 6.92 Å². The van der Waals surface area contributed by atoms with Gasteiger partial charge in [0.05, 0.1) is 16.4 Å². The molecule has 0 fully saturated rings. The van der Waals surface area contributed by atoms with Crippen molar-refractivity contribution in [3.8, 4) is 5.75 Å². The highest BCUT2D eigenvalue weighted by Gasteiger charge is 2.09. The number of nitrogen functional groups attached to an aromatic ring is 2. The van der Waals surface area contributed by atoms with E-state index in [0.717, 1.165) is 12.8 Å². The molecule has 4 N–H and O–H groups in total. The van der Waals surface area contributed by atoms with Gasteiger partial charge in [0.1, 0.15) is 5.75 Å². The number of halogens is 1. The second kappa shape index (κ2) is 9.50. The molecule has 0 unspecified atom stereocenters. The maximum Gasteiger partial charge on any atom is 0.311 e. The molecule has 0 bridgehead atoms. The van der Waals surface area contributed by atoms with Gasteiger partial charge >= 0.3 is 5.97 Å². The minimum atomic E-state index is -0.260. The zero-order valence-corrected chi connectivity index (χ0v) is 13.4. The van der Waals surface area contributed by atoms with E-state index >= 15 is 0 Å². The fourth-order valence-corrected chi connectivity index (χ4v) is 2.22. The Hall–Kier alpha value is -1.42. The summed E-state index contributed by atoms with van der Waals surface area (Å²) in [5, 5.41) is 0.293. The Bertz CT molecular complexity index is 441. The number of unbranched alkanes of at least 4 members (excludes halogenated alkanes) is 6. The van der Waals surface area contributed by atoms with Crippen LogP contribution in [0.2, 0.25) is 5.02 Å². The van der Waals surface area contributed by atoms with Crippen LogP contribution in [0.4, 0.5) is 11.4 Å². The molecule has 0 amide bonds. The Morgan fingerprint density at radius 3 is 2.14 bits per heavy atom. The fraction of sp³-hybridized carbons (Fsp3) is 0.562. The Morgan fingerprint density at radius 1 is 1.05 bits per heavy atom. The van der Waals surface area contributed by atoms with Gasteiger partial charge in [0, 0.05) is 18.6 Å². The molecule has 0 saturated heterocycles. The summed E-state index contributed by atoms with van der Waals surface area (Å²) in [7, 11) is 0. The summed E-state index contributed by atoms with van der Waals surface area (Å²) in [6.45, 7) is 2.20. The number of carbonyl (C=O) groups excluding carboxylic acids is 1. The highest BCUT2D eigenvalue weighted by molar-refractivity contribution is 6.35. The van der Waals surface area contributed by atoms with Gasteiger partial charge in [-0.2, -0.15) is 0 Å². The molecule has 4 nitrogen and oxygen atoms in total. The van der Waals surface area contributed by atoms with Gasteiger partial charge in [-0.1, -0.05) is 57.0 Å². The number of rotatable bonds is 9. The average molecular weight is 313 g/mol. The Morgan fingerprint density at radius 2 is 1.57 bits per heavy atom. The fourth-order valence-electron chi connectivity index (χ4n) is 2.11. The number of hydrogen-bond donors (Lipinski definition) is 2. The monoisotopic (exact) mass is 312 g/mol. The summed E-state index contributed by atoms with van der Waals surface area (Å²) in [6, 6.07) is 3.03. The van der Waals surface area contributed by atoms with E-state index in [4.69, 9.17) is 27.8 Å². The molecule has 0 spiro atoms. The van der Waals surface area contributed by atoms with E-state index in [0.29, 0.717) is 28.6 Å². The first kappa shape index (κ1) is 17.6. The van der Waals surface area contributed by atoms with Gasteiger partial charge in [-0.15, -0.1) is 0 Å². The smallest absolute Gasteiger partial charge is 0.311 e. The van der Waals surface area contributed by atoms with Gasteiger partial charge in [-0.3, -0.25) is 4.79 Å². The Labute approximate surface area is 131 Å². The molecule has 0 aliphatic carbocycles. The number of carbonyl (C=O) groups is 1. The van der Waals surface area contributed by atoms with Crippen molar-refractivity contribution in [3.05, 3.63) is 17.2 Å². The molecular weight excluding hydrogens is 288 g/mol. The van der Waals surface area contributed by atoms with Crippen molar-refractivity contribution in [3.63, 3.8) is 0 Å². The molecule has 118 valence electrons. The molecular formula is C16H25ClN2O2. The van der Waals surface area contributed by atoms with Gasteiger partial charge in [0.15, 0.2) is 0 Å². The van der Waals surface area contributed by atoms with Crippen molar-refractivity contribution < 1.29 is 9.53 Å². The summed E-state index contributed by atoms with van der Waals surface area (Å²) in [6.07, 6.45) is 8.57. The third kappa shape index (κ3) is 6.71. The van der Waals surface area contributed by atoms with Crippen LogP contribution in [0.15, 0.2) is 12.1 Å². The zero-order valence-electron chi connectivity index (χ0n) is 12.7. The normalized spacial score (nSPS) is 10.6. The minimum Gasteiger partial charge on any atom is -0.426 e. The van der Waals surface area contributed by atoms with Crippen LogP contribution in [0.5, 0.6) is 5.75 Å². The topological polar surface area (TPSA) is 78.3 Å². The van der Waals surface area contributed by atoms with Crippen molar-refractivity contribution in [2.24, 2.45) is 0 Å². The minimum absolute atomic E-state index is 0.260. The van der Waals surface area contributed by atoms with E-state index in [9.17, 15) is 4.79 Å². The SMILES string of the molecule is CCCCCCCCCC(=O)Oc1cc(N)c(Cl)c(N)c1. The first-order valence-corrected chi connectivity index (χ1v) is 7.97. The van der Waals surface area contributed by atoms with Crippen LogP contribution in [0.1, 0.15) is 58.3 Å². The molecule has 1 rings (SSSR count). The van der Waals surface area contributed by atoms with Gasteiger partial charge in [-0.05, 0) is 6.42 Å². The standard InChI is InChI=1S/C16H25ClN2O2/c1-2-3-4-5-6-7-8-9-15(20)21-12-10-13(18)16(17)14(19)11-12/h10-11H,2-9,18-19H2,1H3. The molecule has 1 aromatic carbocycles. The summed E-state index contributed by atoms with van der Waals surface area (Å²) >= 11 is 5.85. The second-order valence-electron chi connectivity index (χ2n) is 5.26. The lowest BCUT2D eigenvalue weighted by Gasteiger charge is -2.08. The first-order valence-electron chi connectivity index (χ1n) is 7.59. The van der Waals surface area contributed by atoms with Crippen LogP contribution in [0.25, 0.3) is 0 Å². The molecule has 0 radical (unpaired) electrons. The lowest BCUT2D eigenvalue weighted by atomic mass is 10.1. The van der Waals surface area contributed by atoms with E-state index in [1.165, 1.54) is 44.2 Å². The molecule has 0 aliphatic rings. The lowest BCUT2D eigenvalue weighted by Crippen LogP contribution is -2.08. The quantitative estimate of drug-likeness (QED) is 0.303. The third-order valence-corrected chi connectivity index (χ3v) is 3.75. The molecule has 0 heterocycles. The summed E-state index contributed by atoms with van der Waals surface area (Å²) in [4.78, 5) is 11.7. The van der Waals surface area contributed by atoms with Gasteiger partial charge in [-0.25, -0.2) is 0 Å². The highest BCUT2D eigenvalue weighted by atomic mass is 35.5. The molecule has 5 heteroatoms. The molecule has 1 aromatic rings. The van der Waals surface area contributed by atoms with Crippen LogP contribution < -0.4 is 16.2 Å². The maximum absolute atomic E-state index is 11.7. The predicted molar refractivity (Wildman–Crippen MR) is 88.5 cm³/mol. The van der Waals surface area contributed by atoms with E-state index in [1.54, 1.807) is 0 Å². The number of benzene rings is 1. The molecule has 21 heavy (non-hydrogen) atoms. The van der Waals surface area contributed by atoms with Crippen LogP contribution >= 0.6 is 11.6 Å². The first-order chi connectivity index (χ1) is 10.0. The van der Waals surface area contributed by atoms with E-state index in [1.807, 2.05) is 0 Å². The van der Waals surface area contributed by atoms with E-state index in [-0.39, 0.29) is 5.97 Å². The Balaban J connectivity index is 2.25. The van der Waals surface area contributed by atoms with Crippen LogP contribution in [-0.4, -0.2) is 5.97 Å². The van der Waals surface area contributed by atoms with Gasteiger partial charge in [0.25, 0.3) is 0 Å². The van der Waals surface area contributed by atoms with Crippen LogP contribution in [0.3, 0.4) is 0 Å². The molecule has 0 atom stereocenters.